The first-order valence-corrected chi connectivity index (χ1v) is 7.13. The molecule has 0 unspecified atom stereocenters. The zero-order valence-electron chi connectivity index (χ0n) is 9.70. The molecule has 5 nitrogen and oxygen atoms in total. The molecule has 0 aromatic rings. The van der Waals surface area contributed by atoms with E-state index in [1.54, 1.807) is 0 Å². The van der Waals surface area contributed by atoms with Gasteiger partial charge in [0.25, 0.3) is 0 Å². The Kier molecular flexibility index (Phi) is 3.81. The van der Waals surface area contributed by atoms with Crippen LogP contribution in [0.3, 0.4) is 0 Å². The summed E-state index contributed by atoms with van der Waals surface area (Å²) in [6.45, 7) is 0.246. The van der Waals surface area contributed by atoms with Crippen LogP contribution in [0.25, 0.3) is 0 Å². The van der Waals surface area contributed by atoms with Gasteiger partial charge in [0.15, 0.2) is 0 Å². The van der Waals surface area contributed by atoms with E-state index >= 15 is 0 Å². The van der Waals surface area contributed by atoms with E-state index in [1.807, 2.05) is 11.8 Å². The maximum Gasteiger partial charge on any atom is 0.315 e. The van der Waals surface area contributed by atoms with E-state index in [4.69, 9.17) is 5.11 Å². The lowest BCUT2D eigenvalue weighted by Crippen LogP contribution is -2.46. The molecule has 0 bridgehead atoms. The molecular formula is C11H18N2O3S. The molecule has 96 valence electrons. The van der Waals surface area contributed by atoms with E-state index in [2.05, 4.69) is 10.6 Å². The topological polar surface area (TPSA) is 78.4 Å². The van der Waals surface area contributed by atoms with Crippen molar-refractivity contribution in [2.24, 2.45) is 5.41 Å². The van der Waals surface area contributed by atoms with Gasteiger partial charge in [0.1, 0.15) is 0 Å². The molecule has 2 amide bonds. The van der Waals surface area contributed by atoms with Crippen molar-refractivity contribution in [2.75, 3.05) is 18.1 Å². The van der Waals surface area contributed by atoms with Gasteiger partial charge < -0.3 is 15.7 Å². The van der Waals surface area contributed by atoms with Crippen LogP contribution in [-0.4, -0.2) is 41.2 Å². The number of urea groups is 1. The fourth-order valence-corrected chi connectivity index (χ4v) is 3.05. The van der Waals surface area contributed by atoms with Crippen LogP contribution in [-0.2, 0) is 4.79 Å². The number of nitrogens with one attached hydrogen (secondary N) is 2. The van der Waals surface area contributed by atoms with Gasteiger partial charge in [-0.15, -0.1) is 0 Å². The minimum atomic E-state index is -0.799. The van der Waals surface area contributed by atoms with Crippen molar-refractivity contribution in [2.45, 2.75) is 31.7 Å². The number of hydrogen-bond donors (Lipinski definition) is 3. The number of carbonyl (C=O) groups excluding carboxylic acids is 1. The fourth-order valence-electron chi connectivity index (χ4n) is 1.94. The highest BCUT2D eigenvalue weighted by Crippen LogP contribution is 2.45. The van der Waals surface area contributed by atoms with Crippen LogP contribution in [0.4, 0.5) is 4.79 Å². The molecule has 6 heteroatoms. The molecule has 2 aliphatic rings. The number of carboxylic acid groups (broad SMARTS) is 1. The van der Waals surface area contributed by atoms with Gasteiger partial charge in [-0.05, 0) is 37.2 Å². The number of amides is 2. The van der Waals surface area contributed by atoms with E-state index in [1.165, 1.54) is 0 Å². The second-order valence-corrected chi connectivity index (χ2v) is 6.02. The number of carbonyl (C=O) groups is 2. The molecule has 0 atom stereocenters. The minimum absolute atomic E-state index is 0.227. The van der Waals surface area contributed by atoms with Gasteiger partial charge in [-0.3, -0.25) is 4.79 Å². The largest absolute Gasteiger partial charge is 0.481 e. The van der Waals surface area contributed by atoms with E-state index < -0.39 is 11.4 Å². The maximum atomic E-state index is 11.6. The Labute approximate surface area is 105 Å². The molecule has 1 saturated heterocycles. The lowest BCUT2D eigenvalue weighted by atomic mass is 10.1. The zero-order chi connectivity index (χ0) is 12.3. The van der Waals surface area contributed by atoms with E-state index in [0.717, 1.165) is 24.3 Å². The molecule has 17 heavy (non-hydrogen) atoms. The predicted molar refractivity (Wildman–Crippen MR) is 66.2 cm³/mol. The average molecular weight is 258 g/mol. The number of aliphatic carboxylic acids is 1. The first-order valence-electron chi connectivity index (χ1n) is 5.98. The summed E-state index contributed by atoms with van der Waals surface area (Å²) in [7, 11) is 0. The van der Waals surface area contributed by atoms with Gasteiger partial charge in [-0.25, -0.2) is 4.79 Å². The molecule has 0 spiro atoms. The summed E-state index contributed by atoms with van der Waals surface area (Å²) in [4.78, 5) is 22.5. The maximum absolute atomic E-state index is 11.6. The number of hydrogen-bond acceptors (Lipinski definition) is 3. The summed E-state index contributed by atoms with van der Waals surface area (Å²) in [6, 6.07) is 0.0191. The normalized spacial score (nSPS) is 22.8. The summed E-state index contributed by atoms with van der Waals surface area (Å²) in [5, 5.41) is 14.5. The Morgan fingerprint density at radius 3 is 2.47 bits per heavy atom. The highest BCUT2D eigenvalue weighted by molar-refractivity contribution is 7.99. The van der Waals surface area contributed by atoms with Gasteiger partial charge in [0, 0.05) is 12.6 Å². The fraction of sp³-hybridized carbons (Fsp3) is 0.818. The molecular weight excluding hydrogens is 240 g/mol. The first kappa shape index (κ1) is 12.5. The summed E-state index contributed by atoms with van der Waals surface area (Å²) < 4.78 is 0. The van der Waals surface area contributed by atoms with E-state index in [9.17, 15) is 9.59 Å². The smallest absolute Gasteiger partial charge is 0.315 e. The third kappa shape index (κ3) is 3.28. The van der Waals surface area contributed by atoms with Crippen LogP contribution in [0.1, 0.15) is 25.7 Å². The molecule has 1 saturated carbocycles. The minimum Gasteiger partial charge on any atom is -0.481 e. The molecule has 1 aliphatic heterocycles. The standard InChI is InChI=1S/C11H18N2O3S/c14-9(15)11(3-4-11)7-12-10(16)13-8-1-5-17-6-2-8/h8H,1-7H2,(H,14,15)(H2,12,13,16). The van der Waals surface area contributed by atoms with E-state index in [0.29, 0.717) is 12.8 Å². The molecule has 1 aliphatic carbocycles. The lowest BCUT2D eigenvalue weighted by molar-refractivity contribution is -0.143. The molecule has 3 N–H and O–H groups in total. The van der Waals surface area contributed by atoms with Crippen molar-refractivity contribution >= 4 is 23.8 Å². The monoisotopic (exact) mass is 258 g/mol. The Balaban J connectivity index is 1.69. The van der Waals surface area contributed by atoms with Crippen LogP contribution < -0.4 is 10.6 Å². The van der Waals surface area contributed by atoms with Crippen LogP contribution in [0, 0.1) is 5.41 Å². The van der Waals surface area contributed by atoms with Gasteiger partial charge in [-0.1, -0.05) is 0 Å². The molecule has 2 rings (SSSR count). The van der Waals surface area contributed by atoms with Crippen LogP contribution in [0.15, 0.2) is 0 Å². The molecule has 0 aromatic heterocycles. The Morgan fingerprint density at radius 2 is 1.94 bits per heavy atom. The van der Waals surface area contributed by atoms with Crippen molar-refractivity contribution < 1.29 is 14.7 Å². The molecule has 1 heterocycles. The number of carboxylic acids is 1. The van der Waals surface area contributed by atoms with Crippen molar-refractivity contribution in [3.8, 4) is 0 Å². The first-order chi connectivity index (χ1) is 8.12. The highest BCUT2D eigenvalue weighted by Gasteiger charge is 2.50. The Morgan fingerprint density at radius 1 is 1.29 bits per heavy atom. The van der Waals surface area contributed by atoms with Crippen LogP contribution in [0.5, 0.6) is 0 Å². The lowest BCUT2D eigenvalue weighted by Gasteiger charge is -2.23. The van der Waals surface area contributed by atoms with Gasteiger partial charge in [-0.2, -0.15) is 11.8 Å². The zero-order valence-corrected chi connectivity index (χ0v) is 10.5. The third-order valence-corrected chi connectivity index (χ3v) is 4.50. The Bertz CT molecular complexity index is 312. The van der Waals surface area contributed by atoms with Gasteiger partial charge in [0.2, 0.25) is 0 Å². The molecule has 0 aromatic carbocycles. The van der Waals surface area contributed by atoms with Crippen molar-refractivity contribution in [1.29, 1.82) is 0 Å². The van der Waals surface area contributed by atoms with Crippen molar-refractivity contribution in [1.82, 2.24) is 10.6 Å². The highest BCUT2D eigenvalue weighted by atomic mass is 32.2. The molecule has 0 radical (unpaired) electrons. The van der Waals surface area contributed by atoms with Crippen LogP contribution >= 0.6 is 11.8 Å². The van der Waals surface area contributed by atoms with Gasteiger partial charge >= 0.3 is 12.0 Å². The van der Waals surface area contributed by atoms with Crippen molar-refractivity contribution in [3.63, 3.8) is 0 Å². The average Bonchev–Trinajstić information content (AvgIpc) is 3.09. The summed E-state index contributed by atoms with van der Waals surface area (Å²) in [6.07, 6.45) is 3.34. The van der Waals surface area contributed by atoms with Gasteiger partial charge in [0.05, 0.1) is 5.41 Å². The quantitative estimate of drug-likeness (QED) is 0.704. The molecule has 2 fully saturated rings. The van der Waals surface area contributed by atoms with Crippen LogP contribution in [0.2, 0.25) is 0 Å². The summed E-state index contributed by atoms with van der Waals surface area (Å²) in [5.41, 5.74) is -0.681. The predicted octanol–water partition coefficient (Wildman–Crippen LogP) is 1.05. The Hall–Kier alpha value is -0.910. The summed E-state index contributed by atoms with van der Waals surface area (Å²) >= 11 is 1.91. The number of thioether (sulfide) groups is 1. The van der Waals surface area contributed by atoms with E-state index in [-0.39, 0.29) is 18.6 Å². The SMILES string of the molecule is O=C(NCC1(C(=O)O)CC1)NC1CCSCC1. The second-order valence-electron chi connectivity index (χ2n) is 4.80. The number of rotatable bonds is 4. The van der Waals surface area contributed by atoms with Crippen molar-refractivity contribution in [3.05, 3.63) is 0 Å². The third-order valence-electron chi connectivity index (χ3n) is 3.45. The second kappa shape index (κ2) is 5.16. The summed E-state index contributed by atoms with van der Waals surface area (Å²) in [5.74, 6) is 1.38.